The topological polar surface area (TPSA) is 53.2 Å². The number of carbonyl (C=O) groups is 1. The van der Waals surface area contributed by atoms with Crippen LogP contribution in [0.3, 0.4) is 0 Å². The fraction of sp³-hybridized carbons (Fsp3) is 0.720. The second kappa shape index (κ2) is 8.80. The van der Waals surface area contributed by atoms with Crippen LogP contribution in [0.4, 0.5) is 0 Å². The largest absolute Gasteiger partial charge is 0.351 e. The van der Waals surface area contributed by atoms with Crippen LogP contribution in [-0.4, -0.2) is 38.1 Å². The molecule has 5 aliphatic rings. The van der Waals surface area contributed by atoms with Crippen molar-refractivity contribution in [3.05, 3.63) is 34.3 Å². The van der Waals surface area contributed by atoms with Gasteiger partial charge in [-0.15, -0.1) is 0 Å². The molecule has 0 radical (unpaired) electrons. The quantitative estimate of drug-likeness (QED) is 0.609. The Balaban J connectivity index is 1.16. The van der Waals surface area contributed by atoms with Gasteiger partial charge in [0, 0.05) is 19.1 Å². The molecule has 4 bridgehead atoms. The molecular weight excluding hydrogens is 394 g/mol. The van der Waals surface area contributed by atoms with E-state index in [9.17, 15) is 4.79 Å². The van der Waals surface area contributed by atoms with Crippen molar-refractivity contribution < 1.29 is 4.79 Å². The third-order valence-electron chi connectivity index (χ3n) is 8.21. The first-order valence-electron chi connectivity index (χ1n) is 12.1. The zero-order valence-electron chi connectivity index (χ0n) is 18.0. The van der Waals surface area contributed by atoms with Gasteiger partial charge >= 0.3 is 0 Å². The molecule has 3 N–H and O–H groups in total. The van der Waals surface area contributed by atoms with E-state index in [2.05, 4.69) is 22.0 Å². The molecule has 1 aromatic rings. The van der Waals surface area contributed by atoms with Crippen LogP contribution in [0.25, 0.3) is 0 Å². The molecule has 1 atom stereocenters. The standard InChI is InChI=1S/C25H36ClN3O/c26-23-4-3-17(5-7-28-21-2-1-6-27-15-21)11-22(23)24(30)29-16-25-12-18-8-19(13-25)10-20(9-18)14-25/h3-4,11,18-21,27-28H,1-2,5-10,12-16H2,(H,29,30). The third kappa shape index (κ3) is 4.56. The van der Waals surface area contributed by atoms with E-state index in [1.54, 1.807) is 0 Å². The predicted octanol–water partition coefficient (Wildman–Crippen LogP) is 4.17. The summed E-state index contributed by atoms with van der Waals surface area (Å²) < 4.78 is 0. The SMILES string of the molecule is O=C(NCC12CC3CC(CC(C3)C1)C2)c1cc(CCNC2CCCNC2)ccc1Cl. The van der Waals surface area contributed by atoms with Crippen LogP contribution < -0.4 is 16.0 Å². The number of benzene rings is 1. The van der Waals surface area contributed by atoms with Gasteiger partial charge in [0.1, 0.15) is 0 Å². The van der Waals surface area contributed by atoms with E-state index in [1.165, 1.54) is 56.9 Å². The van der Waals surface area contributed by atoms with Gasteiger partial charge in [0.2, 0.25) is 0 Å². The first-order valence-corrected chi connectivity index (χ1v) is 12.5. The Bertz CT molecular complexity index is 738. The van der Waals surface area contributed by atoms with Crippen molar-refractivity contribution in [2.75, 3.05) is 26.2 Å². The van der Waals surface area contributed by atoms with Gasteiger partial charge in [-0.2, -0.15) is 0 Å². The van der Waals surface area contributed by atoms with Gasteiger partial charge in [-0.25, -0.2) is 0 Å². The van der Waals surface area contributed by atoms with Gasteiger partial charge in [-0.05, 0) is 112 Å². The summed E-state index contributed by atoms with van der Waals surface area (Å²) in [5, 5.41) is 10.9. The van der Waals surface area contributed by atoms with Crippen LogP contribution in [0.2, 0.25) is 5.02 Å². The van der Waals surface area contributed by atoms with Gasteiger partial charge in [0.15, 0.2) is 0 Å². The van der Waals surface area contributed by atoms with E-state index in [0.29, 0.717) is 22.0 Å². The van der Waals surface area contributed by atoms with Crippen LogP contribution in [0.5, 0.6) is 0 Å². The maximum absolute atomic E-state index is 13.0. The fourth-order valence-electron chi connectivity index (χ4n) is 7.22. The Labute approximate surface area is 185 Å². The molecule has 4 aliphatic carbocycles. The number of hydrogen-bond acceptors (Lipinski definition) is 3. The van der Waals surface area contributed by atoms with Crippen molar-refractivity contribution in [1.29, 1.82) is 0 Å². The van der Waals surface area contributed by atoms with Crippen LogP contribution in [0, 0.1) is 23.2 Å². The van der Waals surface area contributed by atoms with Gasteiger partial charge in [-0.1, -0.05) is 17.7 Å². The van der Waals surface area contributed by atoms with Gasteiger partial charge < -0.3 is 16.0 Å². The maximum Gasteiger partial charge on any atom is 0.252 e. The van der Waals surface area contributed by atoms with Crippen molar-refractivity contribution in [3.8, 4) is 0 Å². The summed E-state index contributed by atoms with van der Waals surface area (Å²) in [7, 11) is 0. The minimum atomic E-state index is 0.00188. The van der Waals surface area contributed by atoms with Gasteiger partial charge in [0.25, 0.3) is 5.91 Å². The molecule has 1 heterocycles. The number of halogens is 1. The summed E-state index contributed by atoms with van der Waals surface area (Å²) in [6.07, 6.45) is 11.7. The highest BCUT2D eigenvalue weighted by molar-refractivity contribution is 6.33. The zero-order chi connectivity index (χ0) is 20.6. The molecule has 4 nitrogen and oxygen atoms in total. The minimum Gasteiger partial charge on any atom is -0.351 e. The molecule has 0 aromatic heterocycles. The van der Waals surface area contributed by atoms with E-state index < -0.39 is 0 Å². The maximum atomic E-state index is 13.0. The summed E-state index contributed by atoms with van der Waals surface area (Å²) in [5.74, 6) is 2.73. The van der Waals surface area contributed by atoms with Crippen molar-refractivity contribution in [2.45, 2.75) is 63.8 Å². The molecule has 30 heavy (non-hydrogen) atoms. The van der Waals surface area contributed by atoms with E-state index in [0.717, 1.165) is 50.4 Å². The number of rotatable bonds is 7. The first-order chi connectivity index (χ1) is 14.6. The molecule has 6 rings (SSSR count). The van der Waals surface area contributed by atoms with Crippen molar-refractivity contribution in [2.24, 2.45) is 23.2 Å². The second-order valence-electron chi connectivity index (χ2n) is 10.7. The average Bonchev–Trinajstić information content (AvgIpc) is 2.73. The number of piperidine rings is 1. The molecule has 0 spiro atoms. The molecular formula is C25H36ClN3O. The lowest BCUT2D eigenvalue weighted by molar-refractivity contribution is -0.0503. The normalized spacial score (nSPS) is 34.8. The van der Waals surface area contributed by atoms with Crippen molar-refractivity contribution >= 4 is 17.5 Å². The molecule has 164 valence electrons. The molecule has 1 saturated heterocycles. The van der Waals surface area contributed by atoms with E-state index in [4.69, 9.17) is 11.6 Å². The highest BCUT2D eigenvalue weighted by Crippen LogP contribution is 2.59. The lowest BCUT2D eigenvalue weighted by atomic mass is 9.49. The summed E-state index contributed by atoms with van der Waals surface area (Å²) >= 11 is 6.42. The van der Waals surface area contributed by atoms with Crippen molar-refractivity contribution in [1.82, 2.24) is 16.0 Å². The predicted molar refractivity (Wildman–Crippen MR) is 122 cm³/mol. The number of carbonyl (C=O) groups excluding carboxylic acids is 1. The number of hydrogen-bond donors (Lipinski definition) is 3. The Hall–Kier alpha value is -1.10. The van der Waals surface area contributed by atoms with Crippen molar-refractivity contribution in [3.63, 3.8) is 0 Å². The number of nitrogens with one attached hydrogen (secondary N) is 3. The van der Waals surface area contributed by atoms with Crippen LogP contribution in [0.15, 0.2) is 18.2 Å². The highest BCUT2D eigenvalue weighted by atomic mass is 35.5. The molecule has 1 unspecified atom stereocenters. The van der Waals surface area contributed by atoms with E-state index in [-0.39, 0.29) is 5.91 Å². The molecule has 5 heteroatoms. The first kappa shape index (κ1) is 20.8. The molecule has 1 amide bonds. The highest BCUT2D eigenvalue weighted by Gasteiger charge is 2.50. The average molecular weight is 430 g/mol. The Morgan fingerprint density at radius 2 is 1.87 bits per heavy atom. The smallest absolute Gasteiger partial charge is 0.252 e. The summed E-state index contributed by atoms with van der Waals surface area (Å²) in [6, 6.07) is 6.50. The molecule has 4 saturated carbocycles. The van der Waals surface area contributed by atoms with Crippen LogP contribution >= 0.6 is 11.6 Å². The Morgan fingerprint density at radius 1 is 1.13 bits per heavy atom. The van der Waals surface area contributed by atoms with Crippen LogP contribution in [0.1, 0.15) is 67.3 Å². The zero-order valence-corrected chi connectivity index (χ0v) is 18.8. The lowest BCUT2D eigenvalue weighted by Gasteiger charge is -2.56. The van der Waals surface area contributed by atoms with Crippen LogP contribution in [-0.2, 0) is 6.42 Å². The lowest BCUT2D eigenvalue weighted by Crippen LogP contribution is -2.51. The Morgan fingerprint density at radius 3 is 2.53 bits per heavy atom. The molecule has 1 aliphatic heterocycles. The fourth-order valence-corrected chi connectivity index (χ4v) is 7.42. The summed E-state index contributed by atoms with van der Waals surface area (Å²) in [6.45, 7) is 3.95. The van der Waals surface area contributed by atoms with E-state index in [1.807, 2.05) is 12.1 Å². The Kier molecular flexibility index (Phi) is 6.10. The van der Waals surface area contributed by atoms with Gasteiger partial charge in [0.05, 0.1) is 10.6 Å². The third-order valence-corrected chi connectivity index (χ3v) is 8.54. The minimum absolute atomic E-state index is 0.00188. The molecule has 5 fully saturated rings. The van der Waals surface area contributed by atoms with E-state index >= 15 is 0 Å². The summed E-state index contributed by atoms with van der Waals surface area (Å²) in [4.78, 5) is 13.0. The van der Waals surface area contributed by atoms with Gasteiger partial charge in [-0.3, -0.25) is 4.79 Å². The second-order valence-corrected chi connectivity index (χ2v) is 11.1. The summed E-state index contributed by atoms with van der Waals surface area (Å²) in [5.41, 5.74) is 2.17. The monoisotopic (exact) mass is 429 g/mol. The molecule has 1 aromatic carbocycles. The number of amides is 1.